The lowest BCUT2D eigenvalue weighted by Gasteiger charge is -2.51. The van der Waals surface area contributed by atoms with Gasteiger partial charge >= 0.3 is 0 Å². The number of H-pyrrole nitrogens is 1. The molecule has 2 atom stereocenters. The number of hydrogen-bond acceptors (Lipinski definition) is 4. The molecule has 1 aliphatic carbocycles. The number of ether oxygens (including phenoxy) is 1. The summed E-state index contributed by atoms with van der Waals surface area (Å²) in [7, 11) is 0. The maximum Gasteiger partial charge on any atom is 0.138 e. The number of hydrogen-bond donors (Lipinski definition) is 2. The van der Waals surface area contributed by atoms with E-state index in [0.717, 1.165) is 25.4 Å². The average molecular weight is 224 g/mol. The summed E-state index contributed by atoms with van der Waals surface area (Å²) >= 11 is 0. The average Bonchev–Trinajstić information content (AvgIpc) is 2.75. The lowest BCUT2D eigenvalue weighted by atomic mass is 9.64. The summed E-state index contributed by atoms with van der Waals surface area (Å²) in [6.07, 6.45) is 2.99. The molecule has 2 unspecified atom stereocenters. The molecule has 5 nitrogen and oxygen atoms in total. The van der Waals surface area contributed by atoms with Crippen molar-refractivity contribution >= 4 is 0 Å². The summed E-state index contributed by atoms with van der Waals surface area (Å²) in [6.45, 7) is 8.07. The molecule has 2 N–H and O–H groups in total. The third-order valence-electron chi connectivity index (χ3n) is 3.53. The van der Waals surface area contributed by atoms with Crippen molar-refractivity contribution in [2.75, 3.05) is 6.61 Å². The van der Waals surface area contributed by atoms with Crippen LogP contribution in [0.5, 0.6) is 0 Å². The molecule has 5 heteroatoms. The first-order valence-corrected chi connectivity index (χ1v) is 5.83. The fourth-order valence-electron chi connectivity index (χ4n) is 2.25. The second-order valence-corrected chi connectivity index (χ2v) is 4.87. The van der Waals surface area contributed by atoms with E-state index in [9.17, 15) is 0 Å². The molecule has 1 fully saturated rings. The van der Waals surface area contributed by atoms with E-state index < -0.39 is 0 Å². The normalized spacial score (nSPS) is 27.7. The van der Waals surface area contributed by atoms with Gasteiger partial charge in [-0.15, -0.1) is 0 Å². The van der Waals surface area contributed by atoms with Crippen LogP contribution in [-0.2, 0) is 11.3 Å². The zero-order valence-electron chi connectivity index (χ0n) is 10.2. The standard InChI is InChI=1S/C11H20N4O/c1-4-16-9-5-8(11(9,2)3)12-6-10-13-7-14-15-10/h7-9,12H,4-6H2,1-3H3,(H,13,14,15). The molecule has 0 spiro atoms. The van der Waals surface area contributed by atoms with Gasteiger partial charge in [-0.2, -0.15) is 5.10 Å². The van der Waals surface area contributed by atoms with Crippen LogP contribution < -0.4 is 5.32 Å². The molecule has 0 aliphatic heterocycles. The molecular formula is C11H20N4O. The maximum atomic E-state index is 5.68. The van der Waals surface area contributed by atoms with Gasteiger partial charge in [-0.25, -0.2) is 4.98 Å². The van der Waals surface area contributed by atoms with Crippen LogP contribution in [0.4, 0.5) is 0 Å². The van der Waals surface area contributed by atoms with E-state index in [0.29, 0.717) is 12.1 Å². The van der Waals surface area contributed by atoms with Crippen LogP contribution >= 0.6 is 0 Å². The molecule has 0 radical (unpaired) electrons. The van der Waals surface area contributed by atoms with E-state index in [1.54, 1.807) is 0 Å². The third-order valence-corrected chi connectivity index (χ3v) is 3.53. The number of aromatic amines is 1. The molecule has 0 aromatic carbocycles. The van der Waals surface area contributed by atoms with Gasteiger partial charge in [0, 0.05) is 18.1 Å². The zero-order chi connectivity index (χ0) is 11.6. The van der Waals surface area contributed by atoms with E-state index in [4.69, 9.17) is 4.74 Å². The molecule has 0 bridgehead atoms. The first kappa shape index (κ1) is 11.5. The van der Waals surface area contributed by atoms with Crippen molar-refractivity contribution < 1.29 is 4.74 Å². The molecule has 0 amide bonds. The van der Waals surface area contributed by atoms with E-state index in [2.05, 4.69) is 34.3 Å². The van der Waals surface area contributed by atoms with Gasteiger partial charge in [0.25, 0.3) is 0 Å². The van der Waals surface area contributed by atoms with E-state index in [-0.39, 0.29) is 5.41 Å². The third kappa shape index (κ3) is 2.10. The van der Waals surface area contributed by atoms with Crippen LogP contribution in [0.1, 0.15) is 33.0 Å². The van der Waals surface area contributed by atoms with Crippen molar-refractivity contribution in [1.82, 2.24) is 20.5 Å². The minimum Gasteiger partial charge on any atom is -0.378 e. The highest BCUT2D eigenvalue weighted by atomic mass is 16.5. The van der Waals surface area contributed by atoms with Gasteiger partial charge in [0.05, 0.1) is 12.6 Å². The number of rotatable bonds is 5. The molecule has 90 valence electrons. The summed E-state index contributed by atoms with van der Waals surface area (Å²) in [4.78, 5) is 4.09. The number of nitrogens with one attached hydrogen (secondary N) is 2. The first-order chi connectivity index (χ1) is 7.64. The van der Waals surface area contributed by atoms with Crippen molar-refractivity contribution in [3.05, 3.63) is 12.2 Å². The predicted octanol–water partition coefficient (Wildman–Crippen LogP) is 1.10. The lowest BCUT2D eigenvalue weighted by molar-refractivity contribution is -0.114. The topological polar surface area (TPSA) is 62.8 Å². The van der Waals surface area contributed by atoms with Gasteiger partial charge in [-0.05, 0) is 13.3 Å². The quantitative estimate of drug-likeness (QED) is 0.786. The maximum absolute atomic E-state index is 5.68. The molecule has 2 rings (SSSR count). The fourth-order valence-corrected chi connectivity index (χ4v) is 2.25. The lowest BCUT2D eigenvalue weighted by Crippen LogP contribution is -2.60. The highest BCUT2D eigenvalue weighted by Crippen LogP contribution is 2.42. The Balaban J connectivity index is 1.80. The Morgan fingerprint density at radius 1 is 1.62 bits per heavy atom. The SMILES string of the molecule is CCOC1CC(NCc2ncn[nH]2)C1(C)C. The molecule has 1 heterocycles. The van der Waals surface area contributed by atoms with Gasteiger partial charge in [0.1, 0.15) is 12.2 Å². The Morgan fingerprint density at radius 2 is 2.44 bits per heavy atom. The predicted molar refractivity (Wildman–Crippen MR) is 60.8 cm³/mol. The Labute approximate surface area is 96.0 Å². The molecule has 1 saturated carbocycles. The second kappa shape index (κ2) is 4.51. The van der Waals surface area contributed by atoms with Gasteiger partial charge < -0.3 is 10.1 Å². The monoisotopic (exact) mass is 224 g/mol. The number of aromatic nitrogens is 3. The Bertz CT molecular complexity index is 323. The highest BCUT2D eigenvalue weighted by Gasteiger charge is 2.48. The van der Waals surface area contributed by atoms with Crippen molar-refractivity contribution in [3.8, 4) is 0 Å². The van der Waals surface area contributed by atoms with Gasteiger partial charge in [0.15, 0.2) is 0 Å². The van der Waals surface area contributed by atoms with Crippen LogP contribution in [0.25, 0.3) is 0 Å². The van der Waals surface area contributed by atoms with Crippen LogP contribution in [0.3, 0.4) is 0 Å². The van der Waals surface area contributed by atoms with Gasteiger partial charge in [0.2, 0.25) is 0 Å². The van der Waals surface area contributed by atoms with Gasteiger partial charge in [-0.3, -0.25) is 5.10 Å². The molecule has 1 aromatic rings. The Hall–Kier alpha value is -0.940. The van der Waals surface area contributed by atoms with Crippen LogP contribution in [0, 0.1) is 5.41 Å². The van der Waals surface area contributed by atoms with Crippen molar-refractivity contribution in [2.45, 2.75) is 45.9 Å². The van der Waals surface area contributed by atoms with E-state index in [1.165, 1.54) is 6.33 Å². The smallest absolute Gasteiger partial charge is 0.138 e. The minimum absolute atomic E-state index is 0.204. The highest BCUT2D eigenvalue weighted by molar-refractivity contribution is 5.03. The first-order valence-electron chi connectivity index (χ1n) is 5.83. The minimum atomic E-state index is 0.204. The summed E-state index contributed by atoms with van der Waals surface area (Å²) in [5.41, 5.74) is 0.204. The summed E-state index contributed by atoms with van der Waals surface area (Å²) in [5.74, 6) is 0.885. The summed E-state index contributed by atoms with van der Waals surface area (Å²) < 4.78 is 5.68. The molecule has 0 saturated heterocycles. The van der Waals surface area contributed by atoms with Crippen LogP contribution in [-0.4, -0.2) is 33.9 Å². The Kier molecular flexibility index (Phi) is 3.25. The van der Waals surface area contributed by atoms with Crippen LogP contribution in [0.15, 0.2) is 6.33 Å². The molecule has 1 aromatic heterocycles. The van der Waals surface area contributed by atoms with Gasteiger partial charge in [-0.1, -0.05) is 13.8 Å². The summed E-state index contributed by atoms with van der Waals surface area (Å²) in [5, 5.41) is 10.2. The van der Waals surface area contributed by atoms with Crippen LogP contribution in [0.2, 0.25) is 0 Å². The van der Waals surface area contributed by atoms with E-state index in [1.807, 2.05) is 6.92 Å². The van der Waals surface area contributed by atoms with Crippen molar-refractivity contribution in [1.29, 1.82) is 0 Å². The largest absolute Gasteiger partial charge is 0.378 e. The molecule has 16 heavy (non-hydrogen) atoms. The number of nitrogens with zero attached hydrogens (tertiary/aromatic N) is 2. The molecule has 1 aliphatic rings. The fraction of sp³-hybridized carbons (Fsp3) is 0.818. The Morgan fingerprint density at radius 3 is 3.00 bits per heavy atom. The second-order valence-electron chi connectivity index (χ2n) is 4.87. The zero-order valence-corrected chi connectivity index (χ0v) is 10.2. The van der Waals surface area contributed by atoms with Crippen molar-refractivity contribution in [3.63, 3.8) is 0 Å². The van der Waals surface area contributed by atoms with Crippen molar-refractivity contribution in [2.24, 2.45) is 5.41 Å². The molecular weight excluding hydrogens is 204 g/mol. The summed E-state index contributed by atoms with van der Waals surface area (Å²) in [6, 6.07) is 0.495. The van der Waals surface area contributed by atoms with E-state index >= 15 is 0 Å².